The van der Waals surface area contributed by atoms with Crippen LogP contribution in [0.2, 0.25) is 0 Å². The molecule has 0 amide bonds. The van der Waals surface area contributed by atoms with E-state index in [1.165, 1.54) is 27.6 Å². The number of aromatic nitrogens is 3. The molecule has 0 saturated carbocycles. The van der Waals surface area contributed by atoms with Gasteiger partial charge in [-0.25, -0.2) is 9.97 Å². The van der Waals surface area contributed by atoms with Crippen molar-refractivity contribution in [1.82, 2.24) is 15.0 Å². The van der Waals surface area contributed by atoms with Gasteiger partial charge in [-0.05, 0) is 85.5 Å². The van der Waals surface area contributed by atoms with Crippen molar-refractivity contribution in [3.05, 3.63) is 94.2 Å². The lowest BCUT2D eigenvalue weighted by Crippen LogP contribution is -2.04. The van der Waals surface area contributed by atoms with Crippen LogP contribution in [0, 0.1) is 6.92 Å². The number of aromatic amines is 1. The molecule has 1 aliphatic rings. The summed E-state index contributed by atoms with van der Waals surface area (Å²) in [6, 6.07) is 15.2. The summed E-state index contributed by atoms with van der Waals surface area (Å²) in [7, 11) is 1.71. The Morgan fingerprint density at radius 2 is 1.91 bits per heavy atom. The van der Waals surface area contributed by atoms with Gasteiger partial charge in [0.2, 0.25) is 0 Å². The Morgan fingerprint density at radius 3 is 2.81 bits per heavy atom. The molecule has 4 heteroatoms. The molecule has 2 aromatic heterocycles. The van der Waals surface area contributed by atoms with Crippen molar-refractivity contribution in [3.8, 4) is 5.75 Å². The van der Waals surface area contributed by atoms with Crippen molar-refractivity contribution in [2.24, 2.45) is 0 Å². The number of hydrogen-bond donors (Lipinski definition) is 1. The van der Waals surface area contributed by atoms with E-state index in [1.807, 2.05) is 6.07 Å². The number of rotatable bonds is 8. The van der Waals surface area contributed by atoms with Gasteiger partial charge in [-0.1, -0.05) is 30.4 Å². The summed E-state index contributed by atoms with van der Waals surface area (Å²) in [6.45, 7) is 2.07. The SMILES string of the molecule is COc1ccc2[nH]cc(CCCc3nc(C)cc(CCc4ccc5c(c4)C=CC5)n3)c2c1. The van der Waals surface area contributed by atoms with Crippen LogP contribution in [0.5, 0.6) is 5.75 Å². The van der Waals surface area contributed by atoms with Gasteiger partial charge in [-0.3, -0.25) is 0 Å². The van der Waals surface area contributed by atoms with Crippen molar-refractivity contribution in [1.29, 1.82) is 0 Å². The number of fused-ring (bicyclic) bond motifs is 2. The maximum absolute atomic E-state index is 5.39. The third kappa shape index (κ3) is 4.45. The minimum Gasteiger partial charge on any atom is -0.497 e. The molecule has 5 rings (SSSR count). The molecular formula is C28H29N3O. The van der Waals surface area contributed by atoms with Crippen LogP contribution >= 0.6 is 0 Å². The first kappa shape index (κ1) is 20.5. The summed E-state index contributed by atoms with van der Waals surface area (Å²) in [5.41, 5.74) is 8.84. The molecule has 4 nitrogen and oxygen atoms in total. The topological polar surface area (TPSA) is 50.8 Å². The molecule has 1 aliphatic carbocycles. The largest absolute Gasteiger partial charge is 0.497 e. The van der Waals surface area contributed by atoms with Gasteiger partial charge in [0, 0.05) is 34.9 Å². The van der Waals surface area contributed by atoms with Crippen LogP contribution < -0.4 is 4.74 Å². The average molecular weight is 424 g/mol. The fourth-order valence-corrected chi connectivity index (χ4v) is 4.59. The Morgan fingerprint density at radius 1 is 0.969 bits per heavy atom. The highest BCUT2D eigenvalue weighted by Crippen LogP contribution is 2.25. The Hall–Kier alpha value is -3.40. The Labute approximate surface area is 189 Å². The van der Waals surface area contributed by atoms with Crippen LogP contribution in [-0.2, 0) is 32.1 Å². The zero-order valence-electron chi connectivity index (χ0n) is 18.8. The van der Waals surface area contributed by atoms with E-state index in [0.29, 0.717) is 0 Å². The number of aryl methyl sites for hydroxylation is 5. The quantitative estimate of drug-likeness (QED) is 0.389. The number of methoxy groups -OCH3 is 1. The maximum atomic E-state index is 5.39. The highest BCUT2D eigenvalue weighted by Gasteiger charge is 2.09. The van der Waals surface area contributed by atoms with E-state index in [2.05, 4.69) is 66.7 Å². The number of nitrogens with zero attached hydrogens (tertiary/aromatic N) is 2. The monoisotopic (exact) mass is 423 g/mol. The number of hydrogen-bond acceptors (Lipinski definition) is 3. The first-order valence-electron chi connectivity index (χ1n) is 11.4. The van der Waals surface area contributed by atoms with Crippen LogP contribution in [0.25, 0.3) is 17.0 Å². The van der Waals surface area contributed by atoms with Crippen LogP contribution in [0.3, 0.4) is 0 Å². The van der Waals surface area contributed by atoms with E-state index in [4.69, 9.17) is 14.7 Å². The normalized spacial score (nSPS) is 12.4. The van der Waals surface area contributed by atoms with Gasteiger partial charge in [0.05, 0.1) is 7.11 Å². The first-order valence-corrected chi connectivity index (χ1v) is 11.4. The standard InChI is InChI=1S/C28H29N3O/c1-19-15-24(12-10-20-9-11-21-5-3-6-22(21)16-20)31-28(30-19)8-4-7-23-18-29-27-14-13-25(32-2)17-26(23)27/h3,6,9,11,13-18,29H,4-5,7-8,10,12H2,1-2H3. The predicted molar refractivity (Wildman–Crippen MR) is 130 cm³/mol. The molecule has 0 aliphatic heterocycles. The van der Waals surface area contributed by atoms with E-state index in [-0.39, 0.29) is 0 Å². The van der Waals surface area contributed by atoms with Gasteiger partial charge in [0.25, 0.3) is 0 Å². The first-order chi connectivity index (χ1) is 15.7. The summed E-state index contributed by atoms with van der Waals surface area (Å²) in [4.78, 5) is 12.9. The smallest absolute Gasteiger partial charge is 0.128 e. The Bertz CT molecular complexity index is 1290. The van der Waals surface area contributed by atoms with Gasteiger partial charge >= 0.3 is 0 Å². The van der Waals surface area contributed by atoms with Gasteiger partial charge in [-0.15, -0.1) is 0 Å². The zero-order valence-corrected chi connectivity index (χ0v) is 18.8. The summed E-state index contributed by atoms with van der Waals surface area (Å²) < 4.78 is 5.39. The zero-order chi connectivity index (χ0) is 21.9. The van der Waals surface area contributed by atoms with Gasteiger partial charge in [-0.2, -0.15) is 0 Å². The summed E-state index contributed by atoms with van der Waals surface area (Å²) >= 11 is 0. The molecule has 0 atom stereocenters. The molecule has 0 saturated heterocycles. The highest BCUT2D eigenvalue weighted by atomic mass is 16.5. The van der Waals surface area contributed by atoms with Gasteiger partial charge in [0.1, 0.15) is 11.6 Å². The van der Waals surface area contributed by atoms with E-state index in [1.54, 1.807) is 7.11 Å². The molecule has 0 unspecified atom stereocenters. The second-order valence-corrected chi connectivity index (χ2v) is 8.64. The third-order valence-corrected chi connectivity index (χ3v) is 6.29. The number of ether oxygens (including phenoxy) is 1. The molecule has 4 aromatic rings. The molecule has 1 N–H and O–H groups in total. The van der Waals surface area contributed by atoms with Crippen LogP contribution in [0.1, 0.15) is 45.9 Å². The number of nitrogens with one attached hydrogen (secondary N) is 1. The lowest BCUT2D eigenvalue weighted by atomic mass is 10.0. The molecule has 2 heterocycles. The molecule has 0 fully saturated rings. The van der Waals surface area contributed by atoms with Gasteiger partial charge in [0.15, 0.2) is 0 Å². The fraction of sp³-hybridized carbons (Fsp3) is 0.286. The molecule has 0 bridgehead atoms. The van der Waals surface area contributed by atoms with Gasteiger partial charge < -0.3 is 9.72 Å². The number of benzene rings is 2. The van der Waals surface area contributed by atoms with Crippen molar-refractivity contribution >= 4 is 17.0 Å². The van der Waals surface area contributed by atoms with Crippen molar-refractivity contribution in [2.45, 2.75) is 45.4 Å². The summed E-state index contributed by atoms with van der Waals surface area (Å²) in [5, 5.41) is 1.24. The number of H-pyrrole nitrogens is 1. The molecule has 0 radical (unpaired) electrons. The van der Waals surface area contributed by atoms with Crippen LogP contribution in [0.4, 0.5) is 0 Å². The molecular weight excluding hydrogens is 394 g/mol. The Kier molecular flexibility index (Phi) is 5.76. The highest BCUT2D eigenvalue weighted by molar-refractivity contribution is 5.84. The second-order valence-electron chi connectivity index (χ2n) is 8.64. The van der Waals surface area contributed by atoms with Crippen LogP contribution in [0.15, 0.2) is 54.7 Å². The van der Waals surface area contributed by atoms with E-state index in [9.17, 15) is 0 Å². The lowest BCUT2D eigenvalue weighted by molar-refractivity contribution is 0.415. The van der Waals surface area contributed by atoms with E-state index in [0.717, 1.165) is 67.0 Å². The lowest BCUT2D eigenvalue weighted by Gasteiger charge is -2.08. The summed E-state index contributed by atoms with van der Waals surface area (Å²) in [5.74, 6) is 1.85. The predicted octanol–water partition coefficient (Wildman–Crippen LogP) is 5.80. The average Bonchev–Trinajstić information content (AvgIpc) is 3.43. The fourth-order valence-electron chi connectivity index (χ4n) is 4.59. The van der Waals surface area contributed by atoms with Crippen molar-refractivity contribution in [2.75, 3.05) is 7.11 Å². The van der Waals surface area contributed by atoms with E-state index < -0.39 is 0 Å². The second kappa shape index (κ2) is 8.99. The number of allylic oxidation sites excluding steroid dienone is 1. The third-order valence-electron chi connectivity index (χ3n) is 6.29. The molecule has 2 aromatic carbocycles. The van der Waals surface area contributed by atoms with Crippen molar-refractivity contribution < 1.29 is 4.74 Å². The van der Waals surface area contributed by atoms with Crippen LogP contribution in [-0.4, -0.2) is 22.1 Å². The summed E-state index contributed by atoms with van der Waals surface area (Å²) in [6.07, 6.45) is 12.5. The molecule has 162 valence electrons. The van der Waals surface area contributed by atoms with Crippen molar-refractivity contribution in [3.63, 3.8) is 0 Å². The van der Waals surface area contributed by atoms with E-state index >= 15 is 0 Å². The maximum Gasteiger partial charge on any atom is 0.128 e. The minimum atomic E-state index is 0.884. The molecule has 0 spiro atoms. The minimum absolute atomic E-state index is 0.884. The molecule has 32 heavy (non-hydrogen) atoms. The Balaban J connectivity index is 1.22.